The lowest BCUT2D eigenvalue weighted by atomic mass is 10.0. The number of nitrogens with zero attached hydrogens (tertiary/aromatic N) is 2. The Morgan fingerprint density at radius 3 is 2.41 bits per heavy atom. The van der Waals surface area contributed by atoms with Gasteiger partial charge in [-0.2, -0.15) is 0 Å². The van der Waals surface area contributed by atoms with Crippen molar-refractivity contribution in [2.24, 2.45) is 5.92 Å². The van der Waals surface area contributed by atoms with E-state index in [0.29, 0.717) is 41.5 Å². The van der Waals surface area contributed by atoms with Crippen LogP contribution in [0.3, 0.4) is 0 Å². The average molecular weight is 470 g/mol. The van der Waals surface area contributed by atoms with Gasteiger partial charge in [0.05, 0.1) is 18.8 Å². The maximum atomic E-state index is 13.4. The molecule has 0 unspecified atom stereocenters. The molecule has 0 saturated heterocycles. The molecule has 2 amide bonds. The van der Waals surface area contributed by atoms with Crippen molar-refractivity contribution in [3.63, 3.8) is 0 Å². The molecule has 184 valence electrons. The smallest absolute Gasteiger partial charge is 0.257 e. The highest BCUT2D eigenvalue weighted by Crippen LogP contribution is 2.26. The highest BCUT2D eigenvalue weighted by atomic mass is 16.5. The molecule has 3 rings (SSSR count). The van der Waals surface area contributed by atoms with E-state index in [1.54, 1.807) is 68.6 Å². The summed E-state index contributed by atoms with van der Waals surface area (Å²) in [4.78, 5) is 30.0. The second-order valence-corrected chi connectivity index (χ2v) is 8.93. The number of amides is 2. The zero-order valence-electron chi connectivity index (χ0n) is 20.8. The van der Waals surface area contributed by atoms with Crippen molar-refractivity contribution in [3.8, 4) is 11.5 Å². The van der Waals surface area contributed by atoms with Crippen LogP contribution in [0.1, 0.15) is 34.6 Å². The van der Waals surface area contributed by atoms with Crippen molar-refractivity contribution < 1.29 is 23.8 Å². The number of carbonyl (C=O) groups is 2. The van der Waals surface area contributed by atoms with Crippen molar-refractivity contribution in [3.05, 3.63) is 53.6 Å². The summed E-state index contributed by atoms with van der Waals surface area (Å²) in [6.45, 7) is 5.93. The molecule has 1 heterocycles. The molecule has 3 atom stereocenters. The molecule has 2 aromatic carbocycles. The summed E-state index contributed by atoms with van der Waals surface area (Å²) in [5.41, 5.74) is 1.40. The van der Waals surface area contributed by atoms with Gasteiger partial charge in [-0.3, -0.25) is 14.5 Å². The Labute approximate surface area is 201 Å². The third-order valence-corrected chi connectivity index (χ3v) is 6.37. The minimum atomic E-state index is -0.277. The Bertz CT molecular complexity index is 994. The minimum absolute atomic E-state index is 0.106. The van der Waals surface area contributed by atoms with Crippen molar-refractivity contribution in [1.29, 1.82) is 0 Å². The minimum Gasteiger partial charge on any atom is -0.497 e. The van der Waals surface area contributed by atoms with E-state index >= 15 is 0 Å². The molecule has 1 aliphatic heterocycles. The summed E-state index contributed by atoms with van der Waals surface area (Å²) < 4.78 is 16.9. The van der Waals surface area contributed by atoms with Gasteiger partial charge in [-0.05, 0) is 62.4 Å². The summed E-state index contributed by atoms with van der Waals surface area (Å²) in [5, 5.41) is 2.87. The molecular weight excluding hydrogens is 434 g/mol. The lowest BCUT2D eigenvalue weighted by Crippen LogP contribution is -2.45. The van der Waals surface area contributed by atoms with E-state index in [1.165, 1.54) is 0 Å². The largest absolute Gasteiger partial charge is 0.497 e. The summed E-state index contributed by atoms with van der Waals surface area (Å²) in [6.07, 6.45) is -0.106. The number of carbonyl (C=O) groups excluding carboxylic acids is 2. The van der Waals surface area contributed by atoms with Crippen molar-refractivity contribution in [1.82, 2.24) is 9.80 Å². The summed E-state index contributed by atoms with van der Waals surface area (Å²) in [7, 11) is 7.08. The second kappa shape index (κ2) is 11.4. The third kappa shape index (κ3) is 6.07. The van der Waals surface area contributed by atoms with Crippen molar-refractivity contribution in [2.45, 2.75) is 26.0 Å². The number of fused-ring (bicyclic) bond motifs is 1. The van der Waals surface area contributed by atoms with Crippen LogP contribution >= 0.6 is 0 Å². The predicted octanol–water partition coefficient (Wildman–Crippen LogP) is 3.38. The van der Waals surface area contributed by atoms with E-state index in [-0.39, 0.29) is 29.9 Å². The van der Waals surface area contributed by atoms with Gasteiger partial charge in [0.1, 0.15) is 18.1 Å². The van der Waals surface area contributed by atoms with Crippen LogP contribution in [0.2, 0.25) is 0 Å². The molecule has 0 saturated carbocycles. The van der Waals surface area contributed by atoms with Crippen LogP contribution < -0.4 is 14.8 Å². The molecular formula is C26H35N3O5. The maximum Gasteiger partial charge on any atom is 0.257 e. The normalized spacial score (nSPS) is 22.1. The molecule has 0 bridgehead atoms. The van der Waals surface area contributed by atoms with E-state index in [9.17, 15) is 9.59 Å². The Morgan fingerprint density at radius 2 is 1.76 bits per heavy atom. The molecule has 0 radical (unpaired) electrons. The van der Waals surface area contributed by atoms with Crippen molar-refractivity contribution >= 4 is 17.5 Å². The second-order valence-electron chi connectivity index (χ2n) is 8.93. The first kappa shape index (κ1) is 25.5. The summed E-state index contributed by atoms with van der Waals surface area (Å²) in [5.74, 6) is 0.918. The number of benzene rings is 2. The molecule has 8 nitrogen and oxygen atoms in total. The number of hydrogen-bond donors (Lipinski definition) is 1. The predicted molar refractivity (Wildman–Crippen MR) is 132 cm³/mol. The fraction of sp³-hybridized carbons (Fsp3) is 0.462. The van der Waals surface area contributed by atoms with E-state index in [4.69, 9.17) is 14.2 Å². The van der Waals surface area contributed by atoms with Crippen LogP contribution in [0, 0.1) is 5.92 Å². The number of anilines is 1. The van der Waals surface area contributed by atoms with Gasteiger partial charge in [0.2, 0.25) is 0 Å². The topological polar surface area (TPSA) is 80.3 Å². The van der Waals surface area contributed by atoms with Crippen LogP contribution in [0.25, 0.3) is 0 Å². The van der Waals surface area contributed by atoms with Crippen LogP contribution in [0.15, 0.2) is 42.5 Å². The first-order chi connectivity index (χ1) is 16.2. The monoisotopic (exact) mass is 469 g/mol. The maximum absolute atomic E-state index is 13.4. The lowest BCUT2D eigenvalue weighted by Gasteiger charge is -2.34. The third-order valence-electron chi connectivity index (χ3n) is 6.37. The molecule has 1 aliphatic rings. The number of ether oxygens (including phenoxy) is 3. The highest BCUT2D eigenvalue weighted by molar-refractivity contribution is 6.05. The fourth-order valence-corrected chi connectivity index (χ4v) is 3.98. The van der Waals surface area contributed by atoms with Gasteiger partial charge in [-0.25, -0.2) is 0 Å². The zero-order valence-corrected chi connectivity index (χ0v) is 20.8. The van der Waals surface area contributed by atoms with Gasteiger partial charge >= 0.3 is 0 Å². The molecule has 0 fully saturated rings. The lowest BCUT2D eigenvalue weighted by molar-refractivity contribution is 0.0150. The molecule has 1 N–H and O–H groups in total. The quantitative estimate of drug-likeness (QED) is 0.740. The number of likely N-dealkylation sites (N-methyl/N-ethyl adjacent to an activating group) is 2. The Hall–Kier alpha value is -3.10. The Morgan fingerprint density at radius 1 is 1.06 bits per heavy atom. The SMILES string of the molecule is COc1ccc(C(=O)Nc2ccc3c(c2)C(=O)N(C)C[C@@H](OC)[C@@H](C)CN(C)[C@@H](C)CO3)cc1. The van der Waals surface area contributed by atoms with Gasteiger partial charge in [-0.15, -0.1) is 0 Å². The first-order valence-electron chi connectivity index (χ1n) is 11.4. The van der Waals surface area contributed by atoms with Crippen LogP contribution in [-0.2, 0) is 4.74 Å². The molecule has 2 aromatic rings. The van der Waals surface area contributed by atoms with Crippen molar-refractivity contribution in [2.75, 3.05) is 53.3 Å². The average Bonchev–Trinajstić information content (AvgIpc) is 2.84. The Balaban J connectivity index is 1.88. The fourth-order valence-electron chi connectivity index (χ4n) is 3.98. The van der Waals surface area contributed by atoms with Gasteiger partial charge in [0.15, 0.2) is 0 Å². The van der Waals surface area contributed by atoms with Gasteiger partial charge in [0.25, 0.3) is 11.8 Å². The molecule has 0 aliphatic carbocycles. The van der Waals surface area contributed by atoms with E-state index in [2.05, 4.69) is 31.1 Å². The molecule has 0 aromatic heterocycles. The molecule has 34 heavy (non-hydrogen) atoms. The van der Waals surface area contributed by atoms with Gasteiger partial charge in [0, 0.05) is 44.5 Å². The van der Waals surface area contributed by atoms with E-state index in [0.717, 1.165) is 6.54 Å². The highest BCUT2D eigenvalue weighted by Gasteiger charge is 2.27. The zero-order chi connectivity index (χ0) is 24.8. The van der Waals surface area contributed by atoms with Crippen LogP contribution in [0.5, 0.6) is 11.5 Å². The Kier molecular flexibility index (Phi) is 8.52. The van der Waals surface area contributed by atoms with Gasteiger partial charge in [-0.1, -0.05) is 6.92 Å². The number of hydrogen-bond acceptors (Lipinski definition) is 6. The van der Waals surface area contributed by atoms with Gasteiger partial charge < -0.3 is 24.4 Å². The number of methoxy groups -OCH3 is 2. The van der Waals surface area contributed by atoms with Crippen LogP contribution in [-0.4, -0.2) is 81.8 Å². The first-order valence-corrected chi connectivity index (χ1v) is 11.4. The molecule has 8 heteroatoms. The van der Waals surface area contributed by atoms with E-state index in [1.807, 2.05) is 0 Å². The summed E-state index contributed by atoms with van der Waals surface area (Å²) in [6, 6.07) is 12.1. The summed E-state index contributed by atoms with van der Waals surface area (Å²) >= 11 is 0. The molecule has 0 spiro atoms. The number of rotatable bonds is 4. The number of nitrogens with one attached hydrogen (secondary N) is 1. The van der Waals surface area contributed by atoms with E-state index < -0.39 is 0 Å². The van der Waals surface area contributed by atoms with Crippen LogP contribution in [0.4, 0.5) is 5.69 Å². The standard InChI is InChI=1S/C26H35N3O5/c1-17-14-28(3)18(2)16-34-23-12-9-20(13-22(23)26(31)29(4)15-24(17)33-6)27-25(30)19-7-10-21(32-5)11-8-19/h7-13,17-18,24H,14-16H2,1-6H3,(H,27,30)/t17-,18-,24+/m0/s1.